The van der Waals surface area contributed by atoms with Crippen LogP contribution in [0.25, 0.3) is 21.3 Å². The topological polar surface area (TPSA) is 47.0 Å². The summed E-state index contributed by atoms with van der Waals surface area (Å²) in [6.45, 7) is 4.24. The molecule has 4 nitrogen and oxygen atoms in total. The molecule has 0 saturated carbocycles. The van der Waals surface area contributed by atoms with E-state index in [1.54, 1.807) is 17.7 Å². The van der Waals surface area contributed by atoms with Crippen molar-refractivity contribution in [1.82, 2.24) is 9.97 Å². The minimum atomic E-state index is 0.740. The Balaban J connectivity index is 1.59. The molecule has 3 aromatic carbocycles. The first kappa shape index (κ1) is 19.3. The SMILES string of the molecule is Cc1ccc(-c2c(C)sc3ncnc(Nc4ccccc4Oc4ccccc4)c23)cc1. The summed E-state index contributed by atoms with van der Waals surface area (Å²) in [5.74, 6) is 2.30. The standard InChI is InChI=1S/C26H21N3OS/c1-17-12-14-19(15-13-17)23-18(2)31-26-24(23)25(27-16-28-26)29-21-10-6-7-11-22(21)30-20-8-4-3-5-9-20/h3-16H,1-2H3,(H,27,28,29). The van der Waals surface area contributed by atoms with E-state index >= 15 is 0 Å². The molecule has 0 spiro atoms. The number of anilines is 2. The van der Waals surface area contributed by atoms with E-state index in [4.69, 9.17) is 4.74 Å². The second-order valence-corrected chi connectivity index (χ2v) is 8.54. The molecule has 0 aliphatic rings. The summed E-state index contributed by atoms with van der Waals surface area (Å²) in [5, 5.41) is 4.53. The first-order chi connectivity index (χ1) is 15.2. The van der Waals surface area contributed by atoms with Crippen LogP contribution in [0.1, 0.15) is 10.4 Å². The lowest BCUT2D eigenvalue weighted by Gasteiger charge is -2.14. The van der Waals surface area contributed by atoms with E-state index in [2.05, 4.69) is 53.4 Å². The van der Waals surface area contributed by atoms with Crippen molar-refractivity contribution in [3.63, 3.8) is 0 Å². The highest BCUT2D eigenvalue weighted by molar-refractivity contribution is 7.19. The average Bonchev–Trinajstić information content (AvgIpc) is 3.13. The first-order valence-corrected chi connectivity index (χ1v) is 10.9. The number of rotatable bonds is 5. The van der Waals surface area contributed by atoms with Gasteiger partial charge in [-0.2, -0.15) is 0 Å². The molecule has 5 rings (SSSR count). The van der Waals surface area contributed by atoms with E-state index in [1.807, 2.05) is 54.6 Å². The van der Waals surface area contributed by atoms with Gasteiger partial charge >= 0.3 is 0 Å². The summed E-state index contributed by atoms with van der Waals surface area (Å²) < 4.78 is 6.12. The van der Waals surface area contributed by atoms with Crippen LogP contribution in [0.5, 0.6) is 11.5 Å². The fourth-order valence-corrected chi connectivity index (χ4v) is 4.62. The van der Waals surface area contributed by atoms with Crippen molar-refractivity contribution in [3.05, 3.63) is 95.6 Å². The number of nitrogens with one attached hydrogen (secondary N) is 1. The molecule has 0 fully saturated rings. The summed E-state index contributed by atoms with van der Waals surface area (Å²) >= 11 is 1.69. The maximum absolute atomic E-state index is 6.12. The Labute approximate surface area is 185 Å². The monoisotopic (exact) mass is 423 g/mol. The lowest BCUT2D eigenvalue weighted by molar-refractivity contribution is 0.485. The molecule has 0 amide bonds. The van der Waals surface area contributed by atoms with Crippen LogP contribution in [-0.4, -0.2) is 9.97 Å². The molecular weight excluding hydrogens is 402 g/mol. The zero-order valence-corrected chi connectivity index (χ0v) is 18.1. The predicted octanol–water partition coefficient (Wildman–Crippen LogP) is 7.51. The van der Waals surface area contributed by atoms with Crippen LogP contribution in [-0.2, 0) is 0 Å². The molecule has 5 heteroatoms. The Morgan fingerprint density at radius 3 is 2.35 bits per heavy atom. The number of nitrogens with zero attached hydrogens (tertiary/aromatic N) is 2. The van der Waals surface area contributed by atoms with Crippen LogP contribution < -0.4 is 10.1 Å². The molecule has 31 heavy (non-hydrogen) atoms. The quantitative estimate of drug-likeness (QED) is 0.318. The average molecular weight is 424 g/mol. The minimum Gasteiger partial charge on any atom is -0.455 e. The highest BCUT2D eigenvalue weighted by atomic mass is 32.1. The molecule has 2 heterocycles. The predicted molar refractivity (Wildman–Crippen MR) is 129 cm³/mol. The Kier molecular flexibility index (Phi) is 5.10. The molecule has 1 N–H and O–H groups in total. The van der Waals surface area contributed by atoms with Crippen LogP contribution >= 0.6 is 11.3 Å². The second kappa shape index (κ2) is 8.20. The Morgan fingerprint density at radius 1 is 0.806 bits per heavy atom. The number of aryl methyl sites for hydroxylation is 2. The zero-order valence-electron chi connectivity index (χ0n) is 17.3. The number of hydrogen-bond donors (Lipinski definition) is 1. The van der Waals surface area contributed by atoms with Gasteiger partial charge in [-0.1, -0.05) is 60.2 Å². The van der Waals surface area contributed by atoms with Crippen LogP contribution in [0.15, 0.2) is 85.2 Å². The summed E-state index contributed by atoms with van der Waals surface area (Å²) in [5.41, 5.74) is 4.43. The first-order valence-electron chi connectivity index (χ1n) is 10.1. The van der Waals surface area contributed by atoms with Gasteiger partial charge in [0.05, 0.1) is 11.1 Å². The molecule has 2 aromatic heterocycles. The molecule has 152 valence electrons. The van der Waals surface area contributed by atoms with Crippen molar-refractivity contribution >= 4 is 33.1 Å². The number of benzene rings is 3. The molecular formula is C26H21N3OS. The number of fused-ring (bicyclic) bond motifs is 1. The highest BCUT2D eigenvalue weighted by Crippen LogP contribution is 2.42. The van der Waals surface area contributed by atoms with Crippen LogP contribution in [0.3, 0.4) is 0 Å². The molecule has 0 radical (unpaired) electrons. The van der Waals surface area contributed by atoms with Gasteiger partial charge in [0.25, 0.3) is 0 Å². The van der Waals surface area contributed by atoms with Crippen LogP contribution in [0.4, 0.5) is 11.5 Å². The normalized spacial score (nSPS) is 10.9. The number of para-hydroxylation sites is 3. The van der Waals surface area contributed by atoms with Crippen molar-refractivity contribution in [3.8, 4) is 22.6 Å². The van der Waals surface area contributed by atoms with Gasteiger partial charge in [-0.25, -0.2) is 9.97 Å². The fourth-order valence-electron chi connectivity index (χ4n) is 3.61. The molecule has 0 unspecified atom stereocenters. The number of ether oxygens (including phenoxy) is 1. The third-order valence-corrected chi connectivity index (χ3v) is 6.13. The minimum absolute atomic E-state index is 0.740. The Morgan fingerprint density at radius 2 is 1.55 bits per heavy atom. The molecule has 5 aromatic rings. The third-order valence-electron chi connectivity index (χ3n) is 5.12. The molecule has 0 atom stereocenters. The second-order valence-electron chi connectivity index (χ2n) is 7.34. The highest BCUT2D eigenvalue weighted by Gasteiger charge is 2.18. The van der Waals surface area contributed by atoms with E-state index < -0.39 is 0 Å². The van der Waals surface area contributed by atoms with Crippen LogP contribution in [0.2, 0.25) is 0 Å². The summed E-state index contributed by atoms with van der Waals surface area (Å²) in [4.78, 5) is 11.3. The van der Waals surface area contributed by atoms with Crippen molar-refractivity contribution in [1.29, 1.82) is 0 Å². The van der Waals surface area contributed by atoms with Crippen molar-refractivity contribution in [2.75, 3.05) is 5.32 Å². The zero-order chi connectivity index (χ0) is 21.2. The molecule has 0 bridgehead atoms. The maximum Gasteiger partial charge on any atom is 0.150 e. The van der Waals surface area contributed by atoms with Gasteiger partial charge < -0.3 is 10.1 Å². The molecule has 0 aliphatic heterocycles. The largest absolute Gasteiger partial charge is 0.455 e. The Hall–Kier alpha value is -3.70. The van der Waals surface area contributed by atoms with E-state index in [0.29, 0.717) is 0 Å². The van der Waals surface area contributed by atoms with Crippen molar-refractivity contribution in [2.24, 2.45) is 0 Å². The number of hydrogen-bond acceptors (Lipinski definition) is 5. The molecule has 0 saturated heterocycles. The van der Waals surface area contributed by atoms with Crippen LogP contribution in [0, 0.1) is 13.8 Å². The third kappa shape index (κ3) is 3.88. The van der Waals surface area contributed by atoms with Gasteiger partial charge in [0.1, 0.15) is 22.7 Å². The van der Waals surface area contributed by atoms with Gasteiger partial charge in [0.2, 0.25) is 0 Å². The van der Waals surface area contributed by atoms with Gasteiger partial charge in [0, 0.05) is 10.4 Å². The summed E-state index contributed by atoms with van der Waals surface area (Å²) in [6.07, 6.45) is 1.61. The van der Waals surface area contributed by atoms with E-state index in [9.17, 15) is 0 Å². The lowest BCUT2D eigenvalue weighted by atomic mass is 10.0. The number of aromatic nitrogens is 2. The van der Waals surface area contributed by atoms with Crippen molar-refractivity contribution in [2.45, 2.75) is 13.8 Å². The smallest absolute Gasteiger partial charge is 0.150 e. The summed E-state index contributed by atoms with van der Waals surface area (Å²) in [7, 11) is 0. The maximum atomic E-state index is 6.12. The van der Waals surface area contributed by atoms with E-state index in [-0.39, 0.29) is 0 Å². The fraction of sp³-hybridized carbons (Fsp3) is 0.0769. The molecule has 0 aliphatic carbocycles. The van der Waals surface area contributed by atoms with Gasteiger partial charge in [-0.05, 0) is 43.7 Å². The van der Waals surface area contributed by atoms with E-state index in [0.717, 1.165) is 33.2 Å². The lowest BCUT2D eigenvalue weighted by Crippen LogP contribution is -1.98. The van der Waals surface area contributed by atoms with Crippen molar-refractivity contribution < 1.29 is 4.74 Å². The van der Waals surface area contributed by atoms with Gasteiger partial charge in [-0.15, -0.1) is 11.3 Å². The Bertz CT molecular complexity index is 1340. The summed E-state index contributed by atoms with van der Waals surface area (Å²) in [6, 6.07) is 26.3. The van der Waals surface area contributed by atoms with E-state index in [1.165, 1.54) is 21.6 Å². The van der Waals surface area contributed by atoms with Gasteiger partial charge in [-0.3, -0.25) is 0 Å². The number of thiophene rings is 1. The van der Waals surface area contributed by atoms with Gasteiger partial charge in [0.15, 0.2) is 5.75 Å².